The van der Waals surface area contributed by atoms with Crippen LogP contribution in [0.5, 0.6) is 11.5 Å². The third-order valence-electron chi connectivity index (χ3n) is 5.65. The lowest BCUT2D eigenvalue weighted by molar-refractivity contribution is -0.143. The number of amides is 1. The number of likely N-dealkylation sites (tertiary alicyclic amines) is 2. The van der Waals surface area contributed by atoms with Crippen molar-refractivity contribution in [2.75, 3.05) is 40.4 Å². The second kappa shape index (κ2) is 7.66. The van der Waals surface area contributed by atoms with Crippen molar-refractivity contribution >= 4 is 11.7 Å². The minimum absolute atomic E-state index is 0.107. The fourth-order valence-corrected chi connectivity index (χ4v) is 4.43. The maximum Gasteiger partial charge on any atom is 0.289 e. The largest absolute Gasteiger partial charge is 0.493 e. The van der Waals surface area contributed by atoms with E-state index in [0.717, 1.165) is 56.0 Å². The van der Waals surface area contributed by atoms with Crippen molar-refractivity contribution in [1.82, 2.24) is 9.80 Å². The van der Waals surface area contributed by atoms with Gasteiger partial charge >= 0.3 is 0 Å². The Labute approximate surface area is 155 Å². The van der Waals surface area contributed by atoms with Crippen LogP contribution in [0.1, 0.15) is 31.7 Å². The smallest absolute Gasteiger partial charge is 0.289 e. The number of Topliss-reactive ketones (excluding diaryl/α,β-unsaturated/α-hetero) is 1. The SMILES string of the molecule is COc1cccc(CN2CCC[C@]3(CCN(C(=O)C(C)=O)C3)C2)c1OC. The van der Waals surface area contributed by atoms with Crippen molar-refractivity contribution in [2.45, 2.75) is 32.7 Å². The molecule has 0 aliphatic carbocycles. The van der Waals surface area contributed by atoms with Gasteiger partial charge in [0.15, 0.2) is 11.5 Å². The predicted molar refractivity (Wildman–Crippen MR) is 98.4 cm³/mol. The van der Waals surface area contributed by atoms with E-state index in [1.807, 2.05) is 12.1 Å². The zero-order valence-corrected chi connectivity index (χ0v) is 15.9. The van der Waals surface area contributed by atoms with Crippen LogP contribution >= 0.6 is 0 Å². The molecule has 0 saturated carbocycles. The van der Waals surface area contributed by atoms with Crippen molar-refractivity contribution in [3.05, 3.63) is 23.8 Å². The van der Waals surface area contributed by atoms with E-state index >= 15 is 0 Å². The van der Waals surface area contributed by atoms with Crippen molar-refractivity contribution in [1.29, 1.82) is 0 Å². The molecule has 2 heterocycles. The van der Waals surface area contributed by atoms with Crippen LogP contribution in [0.4, 0.5) is 0 Å². The molecule has 0 aromatic heterocycles. The summed E-state index contributed by atoms with van der Waals surface area (Å²) >= 11 is 0. The maximum atomic E-state index is 12.0. The Morgan fingerprint density at radius 3 is 2.62 bits per heavy atom. The Hall–Kier alpha value is -2.08. The number of rotatable bonds is 5. The van der Waals surface area contributed by atoms with Crippen molar-refractivity contribution in [3.8, 4) is 11.5 Å². The first-order valence-electron chi connectivity index (χ1n) is 9.20. The van der Waals surface area contributed by atoms with Crippen LogP contribution in [-0.2, 0) is 16.1 Å². The third kappa shape index (κ3) is 3.70. The van der Waals surface area contributed by atoms with Crippen LogP contribution in [0.15, 0.2) is 18.2 Å². The summed E-state index contributed by atoms with van der Waals surface area (Å²) in [6.45, 7) is 5.50. The molecule has 3 rings (SSSR count). The summed E-state index contributed by atoms with van der Waals surface area (Å²) in [6, 6.07) is 5.96. The van der Waals surface area contributed by atoms with Gasteiger partial charge in [-0.05, 0) is 31.9 Å². The van der Waals surface area contributed by atoms with Gasteiger partial charge in [0.2, 0.25) is 5.78 Å². The number of benzene rings is 1. The minimum Gasteiger partial charge on any atom is -0.493 e. The predicted octanol–water partition coefficient (Wildman–Crippen LogP) is 2.11. The van der Waals surface area contributed by atoms with Crippen LogP contribution < -0.4 is 9.47 Å². The molecule has 0 N–H and O–H groups in total. The van der Waals surface area contributed by atoms with E-state index in [1.54, 1.807) is 19.1 Å². The van der Waals surface area contributed by atoms with Gasteiger partial charge in [-0.2, -0.15) is 0 Å². The number of carbonyl (C=O) groups is 2. The van der Waals surface area contributed by atoms with Gasteiger partial charge in [0, 0.05) is 44.1 Å². The van der Waals surface area contributed by atoms with Gasteiger partial charge in [0.05, 0.1) is 14.2 Å². The Morgan fingerprint density at radius 1 is 1.12 bits per heavy atom. The topological polar surface area (TPSA) is 59.1 Å². The summed E-state index contributed by atoms with van der Waals surface area (Å²) in [7, 11) is 3.32. The van der Waals surface area contributed by atoms with E-state index in [0.29, 0.717) is 13.1 Å². The van der Waals surface area contributed by atoms with Gasteiger partial charge in [-0.1, -0.05) is 12.1 Å². The van der Waals surface area contributed by atoms with Crippen molar-refractivity contribution in [3.63, 3.8) is 0 Å². The van der Waals surface area contributed by atoms with E-state index in [1.165, 1.54) is 6.92 Å². The molecule has 2 aliphatic rings. The Morgan fingerprint density at radius 2 is 1.92 bits per heavy atom. The first kappa shape index (κ1) is 18.7. The fourth-order valence-electron chi connectivity index (χ4n) is 4.43. The third-order valence-corrected chi connectivity index (χ3v) is 5.65. The number of para-hydroxylation sites is 1. The van der Waals surface area contributed by atoms with Gasteiger partial charge in [0.25, 0.3) is 5.91 Å². The summed E-state index contributed by atoms with van der Waals surface area (Å²) in [5.41, 5.74) is 1.22. The fraction of sp³-hybridized carbons (Fsp3) is 0.600. The molecule has 6 nitrogen and oxygen atoms in total. The zero-order valence-electron chi connectivity index (χ0n) is 15.9. The summed E-state index contributed by atoms with van der Waals surface area (Å²) in [5, 5.41) is 0. The molecule has 0 radical (unpaired) electrons. The van der Waals surface area contributed by atoms with E-state index in [4.69, 9.17) is 9.47 Å². The number of hydrogen-bond donors (Lipinski definition) is 0. The standard InChI is InChI=1S/C20H28N2O4/c1-15(23)19(24)22-11-9-20(14-22)8-5-10-21(13-20)12-16-6-4-7-17(25-2)18(16)26-3/h4,6-7H,5,8-14H2,1-3H3/t20-/m0/s1. The molecule has 1 spiro atoms. The number of piperidine rings is 1. The number of hydrogen-bond acceptors (Lipinski definition) is 5. The highest BCUT2D eigenvalue weighted by atomic mass is 16.5. The molecule has 2 fully saturated rings. The zero-order chi connectivity index (χ0) is 18.7. The number of ketones is 1. The Bertz CT molecular complexity index is 690. The lowest BCUT2D eigenvalue weighted by Crippen LogP contribution is -2.45. The average Bonchev–Trinajstić information content (AvgIpc) is 3.03. The van der Waals surface area contributed by atoms with Crippen LogP contribution in [-0.4, -0.2) is 61.9 Å². The van der Waals surface area contributed by atoms with Gasteiger partial charge in [-0.3, -0.25) is 14.5 Å². The molecular formula is C20H28N2O4. The second-order valence-corrected chi connectivity index (χ2v) is 7.50. The quantitative estimate of drug-likeness (QED) is 0.753. The maximum absolute atomic E-state index is 12.0. The van der Waals surface area contributed by atoms with Gasteiger partial charge in [0.1, 0.15) is 0 Å². The van der Waals surface area contributed by atoms with E-state index in [9.17, 15) is 9.59 Å². The van der Waals surface area contributed by atoms with Gasteiger partial charge in [-0.15, -0.1) is 0 Å². The van der Waals surface area contributed by atoms with Gasteiger partial charge < -0.3 is 14.4 Å². The highest BCUT2D eigenvalue weighted by Gasteiger charge is 2.43. The number of carbonyl (C=O) groups excluding carboxylic acids is 2. The molecule has 6 heteroatoms. The molecule has 2 aliphatic heterocycles. The second-order valence-electron chi connectivity index (χ2n) is 7.50. The number of ether oxygens (including phenoxy) is 2. The minimum atomic E-state index is -0.365. The van der Waals surface area contributed by atoms with Crippen molar-refractivity contribution in [2.24, 2.45) is 5.41 Å². The summed E-state index contributed by atoms with van der Waals surface area (Å²) in [4.78, 5) is 27.6. The molecule has 1 atom stereocenters. The number of methoxy groups -OCH3 is 2. The van der Waals surface area contributed by atoms with Gasteiger partial charge in [-0.25, -0.2) is 0 Å². The lowest BCUT2D eigenvalue weighted by Gasteiger charge is -2.40. The van der Waals surface area contributed by atoms with E-state index in [2.05, 4.69) is 11.0 Å². The monoisotopic (exact) mass is 360 g/mol. The van der Waals surface area contributed by atoms with Crippen LogP contribution in [0.3, 0.4) is 0 Å². The molecule has 1 aromatic rings. The summed E-state index contributed by atoms with van der Waals surface area (Å²) in [6.07, 6.45) is 3.19. The first-order chi connectivity index (χ1) is 12.5. The van der Waals surface area contributed by atoms with E-state index < -0.39 is 0 Å². The highest BCUT2D eigenvalue weighted by molar-refractivity contribution is 6.35. The molecule has 26 heavy (non-hydrogen) atoms. The molecule has 1 amide bonds. The van der Waals surface area contributed by atoms with E-state index in [-0.39, 0.29) is 17.1 Å². The summed E-state index contributed by atoms with van der Waals surface area (Å²) in [5.74, 6) is 0.828. The number of nitrogens with zero attached hydrogens (tertiary/aromatic N) is 2. The molecule has 2 saturated heterocycles. The van der Waals surface area contributed by atoms with Crippen LogP contribution in [0.25, 0.3) is 0 Å². The molecular weight excluding hydrogens is 332 g/mol. The summed E-state index contributed by atoms with van der Waals surface area (Å²) < 4.78 is 11.0. The van der Waals surface area contributed by atoms with Crippen molar-refractivity contribution < 1.29 is 19.1 Å². The van der Waals surface area contributed by atoms with Crippen LogP contribution in [0, 0.1) is 5.41 Å². The molecule has 0 unspecified atom stereocenters. The molecule has 0 bridgehead atoms. The molecule has 1 aromatic carbocycles. The Kier molecular flexibility index (Phi) is 5.51. The Balaban J connectivity index is 1.70. The molecule has 142 valence electrons. The van der Waals surface area contributed by atoms with Crippen LogP contribution in [0.2, 0.25) is 0 Å². The first-order valence-corrected chi connectivity index (χ1v) is 9.20. The average molecular weight is 360 g/mol. The normalized spacial score (nSPS) is 23.3. The lowest BCUT2D eigenvalue weighted by atomic mass is 9.79. The highest BCUT2D eigenvalue weighted by Crippen LogP contribution is 2.40.